The molecule has 2 fully saturated rings. The Balaban J connectivity index is 1.79. The summed E-state index contributed by atoms with van der Waals surface area (Å²) >= 11 is 0. The van der Waals surface area contributed by atoms with E-state index < -0.39 is 5.92 Å². The van der Waals surface area contributed by atoms with Crippen LogP contribution in [0.25, 0.3) is 0 Å². The maximum Gasteiger partial charge on any atom is 0.248 e. The average molecular weight is 341 g/mol. The molecule has 0 unspecified atom stereocenters. The summed E-state index contributed by atoms with van der Waals surface area (Å²) < 4.78 is 26.5. The first-order chi connectivity index (χ1) is 11.4. The topological polar surface area (TPSA) is 52.7 Å². The zero-order valence-electron chi connectivity index (χ0n) is 13.9. The molecule has 0 spiro atoms. The lowest BCUT2D eigenvalue weighted by molar-refractivity contribution is -0.139. The van der Waals surface area contributed by atoms with Crippen molar-refractivity contribution < 1.29 is 18.4 Å². The summed E-state index contributed by atoms with van der Waals surface area (Å²) in [5, 5.41) is 2.63. The van der Waals surface area contributed by atoms with E-state index >= 15 is 0 Å². The van der Waals surface area contributed by atoms with Crippen molar-refractivity contribution in [1.82, 2.24) is 15.1 Å². The Bertz CT molecular complexity index is 495. The van der Waals surface area contributed by atoms with Gasteiger partial charge >= 0.3 is 0 Å². The molecule has 2 amide bonds. The lowest BCUT2D eigenvalue weighted by Crippen LogP contribution is -2.42. The van der Waals surface area contributed by atoms with Crippen molar-refractivity contribution >= 4 is 11.8 Å². The smallest absolute Gasteiger partial charge is 0.248 e. The summed E-state index contributed by atoms with van der Waals surface area (Å²) in [6, 6.07) is 0. The van der Waals surface area contributed by atoms with E-state index in [0.29, 0.717) is 19.6 Å². The molecule has 2 aliphatic rings. The van der Waals surface area contributed by atoms with Gasteiger partial charge in [0.05, 0.1) is 13.1 Å². The molecule has 24 heavy (non-hydrogen) atoms. The number of halogens is 2. The van der Waals surface area contributed by atoms with E-state index in [-0.39, 0.29) is 56.5 Å². The summed E-state index contributed by atoms with van der Waals surface area (Å²) in [6.45, 7) is 2.97. The van der Waals surface area contributed by atoms with Gasteiger partial charge in [-0.3, -0.25) is 14.5 Å². The van der Waals surface area contributed by atoms with E-state index in [2.05, 4.69) is 11.2 Å². The monoisotopic (exact) mass is 341 g/mol. The molecular weight excluding hydrogens is 316 g/mol. The zero-order chi connectivity index (χ0) is 17.6. The molecular formula is C17H25F2N3O2. The highest BCUT2D eigenvalue weighted by molar-refractivity contribution is 5.79. The van der Waals surface area contributed by atoms with Gasteiger partial charge in [0.1, 0.15) is 0 Å². The lowest BCUT2D eigenvalue weighted by atomic mass is 9.86. The van der Waals surface area contributed by atoms with Gasteiger partial charge in [-0.25, -0.2) is 8.78 Å². The van der Waals surface area contributed by atoms with Crippen molar-refractivity contribution in [2.75, 3.05) is 39.3 Å². The fourth-order valence-electron chi connectivity index (χ4n) is 3.30. The van der Waals surface area contributed by atoms with E-state index in [4.69, 9.17) is 6.42 Å². The predicted molar refractivity (Wildman–Crippen MR) is 86.4 cm³/mol. The molecule has 1 aliphatic heterocycles. The number of nitrogens with one attached hydrogen (secondary N) is 1. The fraction of sp³-hybridized carbons (Fsp3) is 0.765. The highest BCUT2D eigenvalue weighted by Crippen LogP contribution is 2.36. The second-order valence-electron chi connectivity index (χ2n) is 6.57. The Morgan fingerprint density at radius 3 is 2.54 bits per heavy atom. The van der Waals surface area contributed by atoms with Crippen LogP contribution in [-0.4, -0.2) is 66.8 Å². The molecule has 0 aromatic heterocycles. The van der Waals surface area contributed by atoms with Crippen LogP contribution in [0.4, 0.5) is 8.78 Å². The van der Waals surface area contributed by atoms with Crippen LogP contribution in [0.1, 0.15) is 32.1 Å². The van der Waals surface area contributed by atoms with Crippen LogP contribution in [0.15, 0.2) is 0 Å². The molecule has 0 atom stereocenters. The quantitative estimate of drug-likeness (QED) is 0.779. The van der Waals surface area contributed by atoms with E-state index in [1.165, 1.54) is 0 Å². The third-order valence-electron chi connectivity index (χ3n) is 4.72. The first kappa shape index (κ1) is 18.7. The molecule has 2 rings (SSSR count). The van der Waals surface area contributed by atoms with Crippen molar-refractivity contribution in [3.63, 3.8) is 0 Å². The van der Waals surface area contributed by atoms with Crippen molar-refractivity contribution in [3.8, 4) is 12.3 Å². The number of carbonyl (C=O) groups excluding carboxylic acids is 2. The average Bonchev–Trinajstić information content (AvgIpc) is 2.78. The zero-order valence-corrected chi connectivity index (χ0v) is 13.9. The number of carbonyl (C=O) groups is 2. The van der Waals surface area contributed by atoms with Gasteiger partial charge in [0.25, 0.3) is 0 Å². The van der Waals surface area contributed by atoms with Gasteiger partial charge in [0.15, 0.2) is 0 Å². The maximum absolute atomic E-state index is 13.2. The maximum atomic E-state index is 13.2. The molecule has 1 N–H and O–H groups in total. The Hall–Kier alpha value is -1.68. The van der Waals surface area contributed by atoms with E-state index in [9.17, 15) is 18.4 Å². The molecule has 0 aromatic rings. The van der Waals surface area contributed by atoms with Crippen molar-refractivity contribution in [3.05, 3.63) is 0 Å². The second kappa shape index (κ2) is 8.43. The lowest BCUT2D eigenvalue weighted by Gasteiger charge is -2.31. The molecule has 0 aromatic carbocycles. The third-order valence-corrected chi connectivity index (χ3v) is 4.72. The second-order valence-corrected chi connectivity index (χ2v) is 6.57. The Kier molecular flexibility index (Phi) is 6.55. The number of hydrogen-bond acceptors (Lipinski definition) is 3. The number of nitrogens with zero attached hydrogens (tertiary/aromatic N) is 2. The van der Waals surface area contributed by atoms with Gasteiger partial charge < -0.3 is 10.2 Å². The van der Waals surface area contributed by atoms with Gasteiger partial charge in [0, 0.05) is 44.9 Å². The standard InChI is InChI=1S/C17H25F2N3O2/c1-2-8-20-15(23)13-21-9-3-10-22(12-11-21)16(24)14-4-6-17(18,19)7-5-14/h1,14H,3-13H2,(H,20,23). The summed E-state index contributed by atoms with van der Waals surface area (Å²) in [5.41, 5.74) is 0. The Morgan fingerprint density at radius 2 is 1.88 bits per heavy atom. The first-order valence-corrected chi connectivity index (χ1v) is 8.50. The van der Waals surface area contributed by atoms with Crippen LogP contribution >= 0.6 is 0 Å². The van der Waals surface area contributed by atoms with E-state index in [1.54, 1.807) is 4.90 Å². The van der Waals surface area contributed by atoms with Crippen molar-refractivity contribution in [2.45, 2.75) is 38.0 Å². The normalized spacial score (nSPS) is 22.5. The fourth-order valence-corrected chi connectivity index (χ4v) is 3.30. The van der Waals surface area contributed by atoms with E-state index in [1.807, 2.05) is 4.90 Å². The van der Waals surface area contributed by atoms with Crippen molar-refractivity contribution in [2.24, 2.45) is 5.92 Å². The predicted octanol–water partition coefficient (Wildman–Crippen LogP) is 1.10. The minimum absolute atomic E-state index is 0.0101. The summed E-state index contributed by atoms with van der Waals surface area (Å²) in [6.07, 6.45) is 6.02. The van der Waals surface area contributed by atoms with Crippen LogP contribution in [-0.2, 0) is 9.59 Å². The largest absolute Gasteiger partial charge is 0.344 e. The molecule has 1 saturated carbocycles. The van der Waals surface area contributed by atoms with Gasteiger partial charge in [-0.15, -0.1) is 6.42 Å². The van der Waals surface area contributed by atoms with Crippen LogP contribution in [0.3, 0.4) is 0 Å². The number of amides is 2. The van der Waals surface area contributed by atoms with Crippen molar-refractivity contribution in [1.29, 1.82) is 0 Å². The Morgan fingerprint density at radius 1 is 1.17 bits per heavy atom. The minimum atomic E-state index is -2.61. The highest BCUT2D eigenvalue weighted by Gasteiger charge is 2.38. The third kappa shape index (κ3) is 5.45. The van der Waals surface area contributed by atoms with Crippen LogP contribution in [0.2, 0.25) is 0 Å². The van der Waals surface area contributed by atoms with Gasteiger partial charge in [-0.1, -0.05) is 5.92 Å². The summed E-state index contributed by atoms with van der Waals surface area (Å²) in [4.78, 5) is 28.0. The van der Waals surface area contributed by atoms with Gasteiger partial charge in [-0.2, -0.15) is 0 Å². The first-order valence-electron chi connectivity index (χ1n) is 8.50. The highest BCUT2D eigenvalue weighted by atomic mass is 19.3. The number of rotatable bonds is 4. The van der Waals surface area contributed by atoms with Crippen LogP contribution in [0.5, 0.6) is 0 Å². The Labute approximate surface area is 141 Å². The number of hydrogen-bond donors (Lipinski definition) is 1. The number of terminal acetylenes is 1. The molecule has 7 heteroatoms. The van der Waals surface area contributed by atoms with Crippen LogP contribution in [0, 0.1) is 18.3 Å². The molecule has 1 aliphatic carbocycles. The molecule has 5 nitrogen and oxygen atoms in total. The molecule has 134 valence electrons. The van der Waals surface area contributed by atoms with Gasteiger partial charge in [-0.05, 0) is 19.3 Å². The molecule has 0 radical (unpaired) electrons. The SMILES string of the molecule is C#CCNC(=O)CN1CCCN(C(=O)C2CCC(F)(F)CC2)CC1. The minimum Gasteiger partial charge on any atom is -0.344 e. The van der Waals surface area contributed by atoms with Crippen LogP contribution < -0.4 is 5.32 Å². The van der Waals surface area contributed by atoms with E-state index in [0.717, 1.165) is 13.0 Å². The molecule has 1 saturated heterocycles. The van der Waals surface area contributed by atoms with Gasteiger partial charge in [0.2, 0.25) is 17.7 Å². The summed E-state index contributed by atoms with van der Waals surface area (Å²) in [5.74, 6) is -0.673. The summed E-state index contributed by atoms with van der Waals surface area (Å²) in [7, 11) is 0. The molecule has 1 heterocycles. The molecule has 0 bridgehead atoms. The number of alkyl halides is 2.